The molecule has 0 heterocycles. The van der Waals surface area contributed by atoms with Crippen LogP contribution in [-0.2, 0) is 27.9 Å². The molecule has 0 aromatic rings. The summed E-state index contributed by atoms with van der Waals surface area (Å²) in [6.07, 6.45) is 56.0. The quantitative estimate of drug-likeness (QED) is 0.0272. The Morgan fingerprint density at radius 3 is 1.50 bits per heavy atom. The van der Waals surface area contributed by atoms with Crippen molar-refractivity contribution < 1.29 is 32.8 Å². The number of hydrogen-bond acceptors (Lipinski definition) is 7. The second-order valence-corrected chi connectivity index (χ2v) is 15.6. The van der Waals surface area contributed by atoms with Gasteiger partial charge in [0.1, 0.15) is 6.10 Å². The predicted molar refractivity (Wildman–Crippen MR) is 238 cm³/mol. The van der Waals surface area contributed by atoms with E-state index in [0.29, 0.717) is 13.0 Å². The third-order valence-electron chi connectivity index (χ3n) is 8.80. The molecule has 0 aliphatic heterocycles. The zero-order valence-electron chi connectivity index (χ0n) is 35.6. The van der Waals surface area contributed by atoms with Crippen LogP contribution in [0.1, 0.15) is 168 Å². The molecule has 0 aliphatic rings. The monoisotopic (exact) mass is 804 g/mol. The van der Waals surface area contributed by atoms with Crippen molar-refractivity contribution in [2.24, 2.45) is 5.73 Å². The number of ether oxygens (including phenoxy) is 2. The van der Waals surface area contributed by atoms with E-state index in [1.165, 1.54) is 51.4 Å². The van der Waals surface area contributed by atoms with Crippen LogP contribution in [0.15, 0.2) is 85.1 Å². The molecule has 8 nitrogen and oxygen atoms in total. The van der Waals surface area contributed by atoms with Gasteiger partial charge in [0.25, 0.3) is 0 Å². The van der Waals surface area contributed by atoms with Crippen molar-refractivity contribution in [3.05, 3.63) is 85.1 Å². The molecule has 2 atom stereocenters. The average Bonchev–Trinajstić information content (AvgIpc) is 3.19. The first-order valence-electron chi connectivity index (χ1n) is 22.1. The molecule has 0 aromatic heterocycles. The highest BCUT2D eigenvalue weighted by Crippen LogP contribution is 2.43. The van der Waals surface area contributed by atoms with Gasteiger partial charge in [0.05, 0.1) is 19.8 Å². The second kappa shape index (κ2) is 43.8. The molecule has 0 rings (SSSR count). The highest BCUT2D eigenvalue weighted by molar-refractivity contribution is 7.47. The van der Waals surface area contributed by atoms with Crippen LogP contribution in [0.3, 0.4) is 0 Å². The Kier molecular flexibility index (Phi) is 42.0. The van der Waals surface area contributed by atoms with E-state index in [4.69, 9.17) is 24.3 Å². The summed E-state index contributed by atoms with van der Waals surface area (Å²) in [6.45, 7) is 4.69. The number of allylic oxidation sites excluding steroid dienone is 14. The Hall–Kier alpha value is -2.32. The molecule has 0 fully saturated rings. The van der Waals surface area contributed by atoms with E-state index >= 15 is 0 Å². The smallest absolute Gasteiger partial charge is 0.457 e. The Morgan fingerprint density at radius 2 is 1.00 bits per heavy atom. The fourth-order valence-electron chi connectivity index (χ4n) is 5.58. The zero-order valence-corrected chi connectivity index (χ0v) is 36.5. The summed E-state index contributed by atoms with van der Waals surface area (Å²) in [4.78, 5) is 22.5. The number of hydrogen-bond donors (Lipinski definition) is 2. The normalized spacial score (nSPS) is 14.3. The minimum atomic E-state index is -4.29. The van der Waals surface area contributed by atoms with Gasteiger partial charge in [-0.05, 0) is 89.9 Å². The summed E-state index contributed by atoms with van der Waals surface area (Å²) in [6, 6.07) is 0. The molecule has 0 saturated carbocycles. The maximum absolute atomic E-state index is 12.6. The summed E-state index contributed by atoms with van der Waals surface area (Å²) in [7, 11) is -4.29. The minimum Gasteiger partial charge on any atom is -0.457 e. The van der Waals surface area contributed by atoms with E-state index in [1.807, 2.05) is 0 Å². The average molecular weight is 804 g/mol. The van der Waals surface area contributed by atoms with Crippen molar-refractivity contribution in [2.45, 2.75) is 174 Å². The number of phosphoric acid groups is 1. The predicted octanol–water partition coefficient (Wildman–Crippen LogP) is 13.3. The molecular weight excluding hydrogens is 721 g/mol. The van der Waals surface area contributed by atoms with Crippen LogP contribution < -0.4 is 5.73 Å². The van der Waals surface area contributed by atoms with E-state index in [2.05, 4.69) is 98.9 Å². The first-order valence-corrected chi connectivity index (χ1v) is 23.6. The van der Waals surface area contributed by atoms with Crippen LogP contribution in [-0.4, -0.2) is 49.9 Å². The van der Waals surface area contributed by atoms with Gasteiger partial charge in [0.2, 0.25) is 0 Å². The highest BCUT2D eigenvalue weighted by atomic mass is 31.2. The van der Waals surface area contributed by atoms with Crippen LogP contribution >= 0.6 is 7.82 Å². The van der Waals surface area contributed by atoms with Gasteiger partial charge in [-0.1, -0.05) is 157 Å². The van der Waals surface area contributed by atoms with Crippen molar-refractivity contribution >= 4 is 13.8 Å². The molecule has 3 N–H and O–H groups in total. The number of unbranched alkanes of at least 4 members (excludes halogenated alkanes) is 14. The van der Waals surface area contributed by atoms with Crippen LogP contribution in [0, 0.1) is 0 Å². The molecule has 0 spiro atoms. The topological polar surface area (TPSA) is 117 Å². The minimum absolute atomic E-state index is 0.0897. The lowest BCUT2D eigenvalue weighted by Crippen LogP contribution is -2.28. The molecule has 56 heavy (non-hydrogen) atoms. The molecule has 0 aromatic carbocycles. The maximum atomic E-state index is 12.6. The van der Waals surface area contributed by atoms with Crippen LogP contribution in [0.2, 0.25) is 0 Å². The fourth-order valence-corrected chi connectivity index (χ4v) is 6.35. The van der Waals surface area contributed by atoms with E-state index in [0.717, 1.165) is 96.3 Å². The number of carbonyl (C=O) groups excluding carboxylic acids is 1. The number of carbonyl (C=O) groups is 1. The SMILES string of the molecule is CC/C=C\C/C=C\C/C=C\C/C=C\C/C=C\CCCCCCOCC(COP(=O)(O)OCCN)OC(=O)CCCCCCCCC/C=C\C/C=C\CCCCC. The number of esters is 1. The summed E-state index contributed by atoms with van der Waals surface area (Å²) in [5.74, 6) is -0.351. The fraction of sp³-hybridized carbons (Fsp3) is 0.681. The molecule has 9 heteroatoms. The molecule has 2 unspecified atom stereocenters. The van der Waals surface area contributed by atoms with Gasteiger partial charge in [-0.15, -0.1) is 0 Å². The standard InChI is InChI=1S/C47H82NO7P/c1-3-5-7-9-11-13-15-17-19-21-22-23-25-27-29-31-33-35-37-39-42-52-44-46(45-54-56(50,51)53-43-41-48)55-47(49)40-38-36-34-32-30-28-26-24-20-18-16-14-12-10-8-6-4-2/h5,7,11-14,17-20,22-23,27,29,46H,3-4,6,8-10,15-16,21,24-26,28,30-45,48H2,1-2H3,(H,50,51)/b7-5-,13-11-,14-12-,19-17-,20-18-,23-22-,29-27-. The van der Waals surface area contributed by atoms with Gasteiger partial charge < -0.3 is 20.1 Å². The van der Waals surface area contributed by atoms with Crippen molar-refractivity contribution in [1.82, 2.24) is 0 Å². The van der Waals surface area contributed by atoms with Crippen molar-refractivity contribution in [3.63, 3.8) is 0 Å². The number of nitrogens with two attached hydrogens (primary N) is 1. The Bertz CT molecular complexity index is 1130. The molecule has 322 valence electrons. The van der Waals surface area contributed by atoms with Gasteiger partial charge in [-0.3, -0.25) is 13.8 Å². The molecular formula is C47H82NO7P. The molecule has 0 amide bonds. The van der Waals surface area contributed by atoms with Gasteiger partial charge in [0.15, 0.2) is 0 Å². The first kappa shape index (κ1) is 53.7. The lowest BCUT2D eigenvalue weighted by Gasteiger charge is -2.20. The number of rotatable bonds is 41. The lowest BCUT2D eigenvalue weighted by atomic mass is 10.1. The van der Waals surface area contributed by atoms with Crippen LogP contribution in [0.4, 0.5) is 0 Å². The van der Waals surface area contributed by atoms with Crippen molar-refractivity contribution in [3.8, 4) is 0 Å². The van der Waals surface area contributed by atoms with Crippen LogP contribution in [0.5, 0.6) is 0 Å². The summed E-state index contributed by atoms with van der Waals surface area (Å²) in [5, 5.41) is 0. The van der Waals surface area contributed by atoms with E-state index in [-0.39, 0.29) is 32.3 Å². The van der Waals surface area contributed by atoms with Crippen molar-refractivity contribution in [1.29, 1.82) is 0 Å². The molecule has 0 saturated heterocycles. The van der Waals surface area contributed by atoms with E-state index in [1.54, 1.807) is 0 Å². The number of phosphoric ester groups is 1. The molecule has 0 radical (unpaired) electrons. The summed E-state index contributed by atoms with van der Waals surface area (Å²) in [5.41, 5.74) is 5.37. The summed E-state index contributed by atoms with van der Waals surface area (Å²) >= 11 is 0. The Labute approximate surface area is 343 Å². The lowest BCUT2D eigenvalue weighted by molar-refractivity contribution is -0.154. The van der Waals surface area contributed by atoms with Gasteiger partial charge in [0, 0.05) is 19.6 Å². The largest absolute Gasteiger partial charge is 0.472 e. The third-order valence-corrected chi connectivity index (χ3v) is 9.78. The van der Waals surface area contributed by atoms with Crippen LogP contribution in [0.25, 0.3) is 0 Å². The van der Waals surface area contributed by atoms with Gasteiger partial charge >= 0.3 is 13.8 Å². The van der Waals surface area contributed by atoms with E-state index < -0.39 is 13.9 Å². The van der Waals surface area contributed by atoms with Crippen molar-refractivity contribution in [2.75, 3.05) is 33.0 Å². The van der Waals surface area contributed by atoms with E-state index in [9.17, 15) is 14.3 Å². The third kappa shape index (κ3) is 42.8. The molecule has 0 bridgehead atoms. The molecule has 0 aliphatic carbocycles. The Morgan fingerprint density at radius 1 is 0.554 bits per heavy atom. The Balaban J connectivity index is 4.12. The first-order chi connectivity index (χ1) is 27.4. The summed E-state index contributed by atoms with van der Waals surface area (Å²) < 4.78 is 33.4. The van der Waals surface area contributed by atoms with Gasteiger partial charge in [-0.2, -0.15) is 0 Å². The maximum Gasteiger partial charge on any atom is 0.472 e. The van der Waals surface area contributed by atoms with Gasteiger partial charge in [-0.25, -0.2) is 4.57 Å². The highest BCUT2D eigenvalue weighted by Gasteiger charge is 2.25. The zero-order chi connectivity index (χ0) is 40.9. The second-order valence-electron chi connectivity index (χ2n) is 14.2.